The molecule has 0 atom stereocenters. The maximum atomic E-state index is 5.77. The quantitative estimate of drug-likeness (QED) is 0.696. The largest absolute Gasteiger partial charge is 0.421 e. The Hall–Kier alpha value is -1.84. The van der Waals surface area contributed by atoms with Crippen molar-refractivity contribution in [2.45, 2.75) is 13.8 Å². The second-order valence-electron chi connectivity index (χ2n) is 3.15. The molecule has 1 heterocycles. The van der Waals surface area contributed by atoms with Crippen LogP contribution in [0.5, 0.6) is 0 Å². The fourth-order valence-corrected chi connectivity index (χ4v) is 1.29. The summed E-state index contributed by atoms with van der Waals surface area (Å²) in [5, 5.41) is 7.72. The van der Waals surface area contributed by atoms with Crippen LogP contribution in [0.3, 0.4) is 0 Å². The molecule has 0 aliphatic heterocycles. The smallest absolute Gasteiger partial charge is 0.248 e. The summed E-state index contributed by atoms with van der Waals surface area (Å²) in [7, 11) is 0. The third kappa shape index (κ3) is 1.35. The average Bonchev–Trinajstić information content (AvgIpc) is 2.57. The van der Waals surface area contributed by atoms with Crippen molar-refractivity contribution in [3.63, 3.8) is 0 Å². The maximum Gasteiger partial charge on any atom is 0.248 e. The summed E-state index contributed by atoms with van der Waals surface area (Å²) in [5.41, 5.74) is 8.37. The van der Waals surface area contributed by atoms with Gasteiger partial charge in [0.05, 0.1) is 0 Å². The van der Waals surface area contributed by atoms with Crippen LogP contribution in [-0.2, 0) is 0 Å². The Morgan fingerprint density at radius 2 is 2.00 bits per heavy atom. The molecule has 14 heavy (non-hydrogen) atoms. The highest BCUT2D eigenvalue weighted by atomic mass is 16.4. The second-order valence-corrected chi connectivity index (χ2v) is 3.15. The van der Waals surface area contributed by atoms with Gasteiger partial charge in [0, 0.05) is 18.2 Å². The van der Waals surface area contributed by atoms with Gasteiger partial charge >= 0.3 is 0 Å². The lowest BCUT2D eigenvalue weighted by Crippen LogP contribution is -1.91. The van der Waals surface area contributed by atoms with E-state index in [-0.39, 0.29) is 0 Å². The Morgan fingerprint density at radius 3 is 2.64 bits per heavy atom. The topological polar surface area (TPSA) is 64.9 Å². The molecule has 4 nitrogen and oxygen atoms in total. The Balaban J connectivity index is 2.57. The van der Waals surface area contributed by atoms with E-state index in [2.05, 4.69) is 10.2 Å². The van der Waals surface area contributed by atoms with E-state index in [1.807, 2.05) is 25.1 Å². The predicted molar refractivity (Wildman–Crippen MR) is 53.6 cm³/mol. The molecule has 0 bridgehead atoms. The lowest BCUT2D eigenvalue weighted by Gasteiger charge is -2.03. The number of hydrogen-bond donors (Lipinski definition) is 1. The van der Waals surface area contributed by atoms with Crippen LogP contribution in [0.4, 0.5) is 5.69 Å². The first-order chi connectivity index (χ1) is 6.68. The fourth-order valence-electron chi connectivity index (χ4n) is 1.29. The molecule has 2 aromatic rings. The first-order valence-electron chi connectivity index (χ1n) is 4.34. The number of nitrogen functional groups attached to an aromatic ring is 1. The van der Waals surface area contributed by atoms with Crippen molar-refractivity contribution >= 4 is 5.69 Å². The van der Waals surface area contributed by atoms with Gasteiger partial charge in [0.2, 0.25) is 11.8 Å². The minimum Gasteiger partial charge on any atom is -0.421 e. The summed E-state index contributed by atoms with van der Waals surface area (Å²) >= 11 is 0. The van der Waals surface area contributed by atoms with E-state index in [4.69, 9.17) is 10.2 Å². The highest BCUT2D eigenvalue weighted by Gasteiger charge is 2.09. The van der Waals surface area contributed by atoms with Crippen molar-refractivity contribution in [1.82, 2.24) is 10.2 Å². The second kappa shape index (κ2) is 3.14. The molecule has 0 radical (unpaired) electrons. The summed E-state index contributed by atoms with van der Waals surface area (Å²) < 4.78 is 5.33. The third-order valence-electron chi connectivity index (χ3n) is 2.13. The van der Waals surface area contributed by atoms with Gasteiger partial charge in [0.25, 0.3) is 0 Å². The molecule has 1 aromatic heterocycles. The number of aryl methyl sites for hydroxylation is 1. The van der Waals surface area contributed by atoms with Crippen molar-refractivity contribution < 1.29 is 4.42 Å². The molecule has 2 rings (SSSR count). The van der Waals surface area contributed by atoms with Crippen LogP contribution < -0.4 is 5.73 Å². The van der Waals surface area contributed by atoms with Crippen LogP contribution in [0.25, 0.3) is 11.5 Å². The summed E-state index contributed by atoms with van der Waals surface area (Å²) in [6.45, 7) is 3.70. The lowest BCUT2D eigenvalue weighted by molar-refractivity contribution is 0.532. The molecular weight excluding hydrogens is 178 g/mol. The monoisotopic (exact) mass is 189 g/mol. The van der Waals surface area contributed by atoms with Crippen molar-refractivity contribution in [3.05, 3.63) is 29.7 Å². The molecule has 0 amide bonds. The van der Waals surface area contributed by atoms with E-state index in [1.165, 1.54) is 0 Å². The average molecular weight is 189 g/mol. The summed E-state index contributed by atoms with van der Waals surface area (Å²) in [6, 6.07) is 5.64. The zero-order chi connectivity index (χ0) is 10.1. The highest BCUT2D eigenvalue weighted by Crippen LogP contribution is 2.25. The van der Waals surface area contributed by atoms with Gasteiger partial charge in [-0.05, 0) is 24.6 Å². The highest BCUT2D eigenvalue weighted by molar-refractivity contribution is 5.66. The summed E-state index contributed by atoms with van der Waals surface area (Å²) in [6.07, 6.45) is 0. The van der Waals surface area contributed by atoms with Gasteiger partial charge in [-0.3, -0.25) is 0 Å². The van der Waals surface area contributed by atoms with Crippen LogP contribution in [0.2, 0.25) is 0 Å². The third-order valence-corrected chi connectivity index (χ3v) is 2.13. The van der Waals surface area contributed by atoms with E-state index in [0.717, 1.165) is 16.8 Å². The number of hydrogen-bond acceptors (Lipinski definition) is 4. The fraction of sp³-hybridized carbons (Fsp3) is 0.200. The van der Waals surface area contributed by atoms with Crippen LogP contribution in [0.1, 0.15) is 11.5 Å². The summed E-state index contributed by atoms with van der Waals surface area (Å²) in [5.74, 6) is 1.08. The molecule has 0 saturated heterocycles. The lowest BCUT2D eigenvalue weighted by atomic mass is 10.1. The first kappa shape index (κ1) is 8.74. The molecule has 0 spiro atoms. The molecule has 0 unspecified atom stereocenters. The normalized spacial score (nSPS) is 10.4. The number of benzene rings is 1. The molecule has 72 valence electrons. The van der Waals surface area contributed by atoms with Crippen molar-refractivity contribution in [2.75, 3.05) is 5.73 Å². The number of aromatic nitrogens is 2. The predicted octanol–water partition coefficient (Wildman–Crippen LogP) is 1.94. The molecule has 2 N–H and O–H groups in total. The Labute approximate surface area is 81.8 Å². The van der Waals surface area contributed by atoms with Gasteiger partial charge in [-0.15, -0.1) is 10.2 Å². The minimum atomic E-state index is 0.521. The van der Waals surface area contributed by atoms with Gasteiger partial charge in [-0.2, -0.15) is 0 Å². The van der Waals surface area contributed by atoms with E-state index in [1.54, 1.807) is 6.92 Å². The molecule has 4 heteroatoms. The van der Waals surface area contributed by atoms with Crippen LogP contribution in [0, 0.1) is 13.8 Å². The van der Waals surface area contributed by atoms with Crippen molar-refractivity contribution in [1.29, 1.82) is 0 Å². The van der Waals surface area contributed by atoms with Gasteiger partial charge in [0.15, 0.2) is 0 Å². The zero-order valence-electron chi connectivity index (χ0n) is 8.11. The maximum absolute atomic E-state index is 5.77. The van der Waals surface area contributed by atoms with Crippen LogP contribution in [0.15, 0.2) is 22.6 Å². The number of nitrogens with zero attached hydrogens (tertiary/aromatic N) is 2. The van der Waals surface area contributed by atoms with E-state index in [9.17, 15) is 0 Å². The summed E-state index contributed by atoms with van der Waals surface area (Å²) in [4.78, 5) is 0. The number of rotatable bonds is 1. The van der Waals surface area contributed by atoms with E-state index >= 15 is 0 Å². The minimum absolute atomic E-state index is 0.521. The molecule has 0 saturated carbocycles. The van der Waals surface area contributed by atoms with Gasteiger partial charge < -0.3 is 10.2 Å². The number of nitrogens with two attached hydrogens (primary N) is 1. The SMILES string of the molecule is Cc1nnc(-c2cccc(N)c2C)o1. The van der Waals surface area contributed by atoms with Gasteiger partial charge in [-0.1, -0.05) is 6.07 Å². The van der Waals surface area contributed by atoms with Crippen molar-refractivity contribution in [2.24, 2.45) is 0 Å². The van der Waals surface area contributed by atoms with Crippen molar-refractivity contribution in [3.8, 4) is 11.5 Å². The van der Waals surface area contributed by atoms with Crippen LogP contribution in [-0.4, -0.2) is 10.2 Å². The molecular formula is C10H11N3O. The Kier molecular flexibility index (Phi) is 1.96. The first-order valence-corrected chi connectivity index (χ1v) is 4.34. The van der Waals surface area contributed by atoms with Crippen LogP contribution >= 0.6 is 0 Å². The molecule has 1 aromatic carbocycles. The Morgan fingerprint density at radius 1 is 1.21 bits per heavy atom. The number of anilines is 1. The molecule has 0 aliphatic carbocycles. The van der Waals surface area contributed by atoms with E-state index < -0.39 is 0 Å². The standard InChI is InChI=1S/C10H11N3O/c1-6-8(4-3-5-9(6)11)10-13-12-7(2)14-10/h3-5H,11H2,1-2H3. The van der Waals surface area contributed by atoms with E-state index in [0.29, 0.717) is 11.8 Å². The molecule has 0 aliphatic rings. The Bertz CT molecular complexity index is 462. The zero-order valence-corrected chi connectivity index (χ0v) is 8.11. The van der Waals surface area contributed by atoms with Gasteiger partial charge in [-0.25, -0.2) is 0 Å². The molecule has 0 fully saturated rings. The van der Waals surface area contributed by atoms with Gasteiger partial charge in [0.1, 0.15) is 0 Å².